The van der Waals surface area contributed by atoms with Crippen LogP contribution in [0, 0.1) is 13.8 Å². The molecule has 8 heteroatoms. The van der Waals surface area contributed by atoms with Crippen LogP contribution < -0.4 is 4.72 Å². The summed E-state index contributed by atoms with van der Waals surface area (Å²) in [4.78, 5) is 0. The van der Waals surface area contributed by atoms with E-state index in [2.05, 4.69) is 9.88 Å². The quantitative estimate of drug-likeness (QED) is 0.623. The molecule has 110 valence electrons. The van der Waals surface area contributed by atoms with E-state index in [1.165, 1.54) is 11.3 Å². The fourth-order valence-electron chi connectivity index (χ4n) is 1.54. The fourth-order valence-corrected chi connectivity index (χ4v) is 3.48. The number of hydrogen-bond acceptors (Lipinski definition) is 6. The van der Waals surface area contributed by atoms with Crippen LogP contribution in [0.1, 0.15) is 17.0 Å². The van der Waals surface area contributed by atoms with Gasteiger partial charge in [-0.1, -0.05) is 11.2 Å². The van der Waals surface area contributed by atoms with Crippen LogP contribution >= 0.6 is 11.3 Å². The Morgan fingerprint density at radius 3 is 2.85 bits per heavy atom. The highest BCUT2D eigenvalue weighted by atomic mass is 32.2. The largest absolute Gasteiger partial charge is 0.365 e. The number of thiophene rings is 1. The Labute approximate surface area is 121 Å². The SMILES string of the molecule is Cc1onc(CCOCNS(=O)(=O)c2cccs2)c1C. The van der Waals surface area contributed by atoms with Gasteiger partial charge in [0.1, 0.15) is 16.7 Å². The van der Waals surface area contributed by atoms with Gasteiger partial charge in [-0.2, -0.15) is 4.72 Å². The van der Waals surface area contributed by atoms with Gasteiger partial charge in [0.25, 0.3) is 10.0 Å². The second-order valence-electron chi connectivity index (χ2n) is 4.19. The van der Waals surface area contributed by atoms with Gasteiger partial charge < -0.3 is 9.26 Å². The van der Waals surface area contributed by atoms with Crippen molar-refractivity contribution in [3.63, 3.8) is 0 Å². The van der Waals surface area contributed by atoms with Gasteiger partial charge >= 0.3 is 0 Å². The van der Waals surface area contributed by atoms with E-state index in [0.29, 0.717) is 13.0 Å². The fraction of sp³-hybridized carbons (Fsp3) is 0.417. The van der Waals surface area contributed by atoms with Crippen LogP contribution in [0.15, 0.2) is 26.2 Å². The highest BCUT2D eigenvalue weighted by Crippen LogP contribution is 2.15. The number of nitrogens with zero attached hydrogens (tertiary/aromatic N) is 1. The van der Waals surface area contributed by atoms with Gasteiger partial charge in [-0.3, -0.25) is 0 Å². The third-order valence-corrected chi connectivity index (χ3v) is 5.62. The number of rotatable bonds is 7. The summed E-state index contributed by atoms with van der Waals surface area (Å²) in [5.41, 5.74) is 1.84. The van der Waals surface area contributed by atoms with Crippen molar-refractivity contribution in [1.29, 1.82) is 0 Å². The first-order valence-corrected chi connectivity index (χ1v) is 8.39. The Hall–Kier alpha value is -1.22. The third kappa shape index (κ3) is 3.66. The molecule has 0 spiro atoms. The highest BCUT2D eigenvalue weighted by Gasteiger charge is 2.14. The Morgan fingerprint density at radius 2 is 2.25 bits per heavy atom. The molecule has 20 heavy (non-hydrogen) atoms. The van der Waals surface area contributed by atoms with Crippen LogP contribution in [0.25, 0.3) is 0 Å². The molecule has 1 N–H and O–H groups in total. The van der Waals surface area contributed by atoms with E-state index in [1.807, 2.05) is 13.8 Å². The first-order valence-electron chi connectivity index (χ1n) is 6.03. The van der Waals surface area contributed by atoms with Crippen LogP contribution in [0.3, 0.4) is 0 Å². The first kappa shape index (κ1) is 15.2. The summed E-state index contributed by atoms with van der Waals surface area (Å²) in [7, 11) is -3.46. The van der Waals surface area contributed by atoms with Crippen LogP contribution in [0.4, 0.5) is 0 Å². The summed E-state index contributed by atoms with van der Waals surface area (Å²) in [6.45, 7) is 4.10. The Bertz CT molecular complexity index is 647. The molecule has 0 aliphatic carbocycles. The molecule has 0 atom stereocenters. The van der Waals surface area contributed by atoms with Crippen molar-refractivity contribution in [2.75, 3.05) is 13.3 Å². The number of nitrogens with one attached hydrogen (secondary N) is 1. The van der Waals surface area contributed by atoms with Crippen molar-refractivity contribution in [2.45, 2.75) is 24.5 Å². The molecule has 0 fully saturated rings. The zero-order valence-electron chi connectivity index (χ0n) is 11.3. The summed E-state index contributed by atoms with van der Waals surface area (Å²) in [5, 5.41) is 5.62. The van der Waals surface area contributed by atoms with Crippen LogP contribution in [-0.4, -0.2) is 26.9 Å². The maximum Gasteiger partial charge on any atom is 0.251 e. The minimum absolute atomic E-state index is 0.0594. The predicted octanol–water partition coefficient (Wildman–Crippen LogP) is 1.85. The average Bonchev–Trinajstić information content (AvgIpc) is 3.03. The zero-order chi connectivity index (χ0) is 14.6. The molecule has 0 saturated carbocycles. The predicted molar refractivity (Wildman–Crippen MR) is 75.1 cm³/mol. The van der Waals surface area contributed by atoms with E-state index < -0.39 is 10.0 Å². The summed E-state index contributed by atoms with van der Waals surface area (Å²) < 4.78 is 36.5. The topological polar surface area (TPSA) is 81.4 Å². The molecule has 2 aromatic heterocycles. The van der Waals surface area contributed by atoms with Gasteiger partial charge in [-0.05, 0) is 25.3 Å². The lowest BCUT2D eigenvalue weighted by Gasteiger charge is -2.05. The number of aryl methyl sites for hydroxylation is 1. The Morgan fingerprint density at radius 1 is 1.45 bits per heavy atom. The summed E-state index contributed by atoms with van der Waals surface area (Å²) >= 11 is 1.17. The van der Waals surface area contributed by atoms with Crippen LogP contribution in [0.2, 0.25) is 0 Å². The van der Waals surface area contributed by atoms with Crippen molar-refractivity contribution in [1.82, 2.24) is 9.88 Å². The lowest BCUT2D eigenvalue weighted by atomic mass is 10.2. The number of hydrogen-bond donors (Lipinski definition) is 1. The van der Waals surface area contributed by atoms with Crippen LogP contribution in [-0.2, 0) is 21.2 Å². The molecule has 0 saturated heterocycles. The lowest BCUT2D eigenvalue weighted by Crippen LogP contribution is -2.26. The van der Waals surface area contributed by atoms with E-state index in [9.17, 15) is 8.42 Å². The third-order valence-electron chi connectivity index (χ3n) is 2.85. The molecular formula is C12H16N2O4S2. The van der Waals surface area contributed by atoms with Crippen molar-refractivity contribution in [3.8, 4) is 0 Å². The number of aromatic nitrogens is 1. The van der Waals surface area contributed by atoms with Gasteiger partial charge in [-0.25, -0.2) is 8.42 Å². The molecular weight excluding hydrogens is 300 g/mol. The molecule has 0 bridgehead atoms. The van der Waals surface area contributed by atoms with E-state index in [4.69, 9.17) is 9.26 Å². The van der Waals surface area contributed by atoms with Gasteiger partial charge in [0, 0.05) is 12.0 Å². The molecule has 0 aliphatic heterocycles. The second kappa shape index (κ2) is 6.49. The first-order chi connectivity index (χ1) is 9.50. The van der Waals surface area contributed by atoms with Gasteiger partial charge in [-0.15, -0.1) is 11.3 Å². The van der Waals surface area contributed by atoms with E-state index >= 15 is 0 Å². The molecule has 2 rings (SSSR count). The molecule has 0 aromatic carbocycles. The summed E-state index contributed by atoms with van der Waals surface area (Å²) in [6.07, 6.45) is 0.587. The molecule has 2 heterocycles. The van der Waals surface area contributed by atoms with Gasteiger partial charge in [0.15, 0.2) is 0 Å². The van der Waals surface area contributed by atoms with E-state index in [0.717, 1.165) is 17.0 Å². The minimum Gasteiger partial charge on any atom is -0.365 e. The maximum absolute atomic E-state index is 11.8. The molecule has 0 amide bonds. The van der Waals surface area contributed by atoms with E-state index in [-0.39, 0.29) is 10.9 Å². The van der Waals surface area contributed by atoms with Crippen molar-refractivity contribution < 1.29 is 17.7 Å². The molecule has 0 aliphatic rings. The molecule has 2 aromatic rings. The average molecular weight is 316 g/mol. The molecule has 6 nitrogen and oxygen atoms in total. The van der Waals surface area contributed by atoms with Crippen molar-refractivity contribution in [3.05, 3.63) is 34.5 Å². The highest BCUT2D eigenvalue weighted by molar-refractivity contribution is 7.91. The van der Waals surface area contributed by atoms with Crippen molar-refractivity contribution >= 4 is 21.4 Å². The van der Waals surface area contributed by atoms with Crippen LogP contribution in [0.5, 0.6) is 0 Å². The lowest BCUT2D eigenvalue weighted by molar-refractivity contribution is 0.132. The number of ether oxygens (including phenoxy) is 1. The summed E-state index contributed by atoms with van der Waals surface area (Å²) in [5.74, 6) is 0.790. The second-order valence-corrected chi connectivity index (χ2v) is 7.13. The number of sulfonamides is 1. The maximum atomic E-state index is 11.8. The van der Waals surface area contributed by atoms with Crippen molar-refractivity contribution in [2.24, 2.45) is 0 Å². The zero-order valence-corrected chi connectivity index (χ0v) is 12.9. The van der Waals surface area contributed by atoms with Gasteiger partial charge in [0.05, 0.1) is 12.3 Å². The van der Waals surface area contributed by atoms with E-state index in [1.54, 1.807) is 17.5 Å². The monoisotopic (exact) mass is 316 g/mol. The Balaban J connectivity index is 1.73. The standard InChI is InChI=1S/C12H16N2O4S2/c1-9-10(2)18-14-11(9)5-6-17-8-13-20(15,16)12-4-3-7-19-12/h3-4,7,13H,5-6,8H2,1-2H3. The minimum atomic E-state index is -3.46. The van der Waals surface area contributed by atoms with Gasteiger partial charge in [0.2, 0.25) is 0 Å². The molecule has 0 unspecified atom stereocenters. The Kier molecular flexibility index (Phi) is 4.92. The molecule has 0 radical (unpaired) electrons. The smallest absolute Gasteiger partial charge is 0.251 e. The summed E-state index contributed by atoms with van der Waals surface area (Å²) in [6, 6.07) is 3.24. The normalized spacial score (nSPS) is 11.9.